The number of halogens is 1. The van der Waals surface area contributed by atoms with Crippen molar-refractivity contribution in [1.29, 1.82) is 0 Å². The van der Waals surface area contributed by atoms with Crippen LogP contribution in [0.2, 0.25) is 0 Å². The van der Waals surface area contributed by atoms with Crippen molar-refractivity contribution in [1.82, 2.24) is 10.6 Å². The Bertz CT molecular complexity index is 448. The van der Waals surface area contributed by atoms with Gasteiger partial charge in [-0.2, -0.15) is 0 Å². The number of carbonyl (C=O) groups excluding carboxylic acids is 1. The fourth-order valence-electron chi connectivity index (χ4n) is 2.23. The molecule has 1 aliphatic heterocycles. The molecule has 20 heavy (non-hydrogen) atoms. The second-order valence-corrected chi connectivity index (χ2v) is 4.58. The molecule has 2 rings (SSSR count). The minimum atomic E-state index is -0.121. The van der Waals surface area contributed by atoms with Gasteiger partial charge in [-0.05, 0) is 37.6 Å². The lowest BCUT2D eigenvalue weighted by atomic mass is 10.1. The molecule has 5 nitrogen and oxygen atoms in total. The van der Waals surface area contributed by atoms with Crippen LogP contribution in [0.5, 0.6) is 11.5 Å². The van der Waals surface area contributed by atoms with Gasteiger partial charge in [0.2, 0.25) is 0 Å². The predicted molar refractivity (Wildman–Crippen MR) is 80.2 cm³/mol. The molecular formula is C14H21ClN2O3. The van der Waals surface area contributed by atoms with Crippen molar-refractivity contribution in [2.45, 2.75) is 18.9 Å². The number of ether oxygens (including phenoxy) is 2. The van der Waals surface area contributed by atoms with E-state index in [1.165, 1.54) is 0 Å². The van der Waals surface area contributed by atoms with Gasteiger partial charge in [-0.25, -0.2) is 0 Å². The van der Waals surface area contributed by atoms with Crippen LogP contribution in [0, 0.1) is 0 Å². The SMILES string of the molecule is COc1ccc(OC)c(C(=O)N[C@H]2CCCNC2)c1.Cl. The number of hydrogen-bond acceptors (Lipinski definition) is 4. The standard InChI is InChI=1S/C14H20N2O3.ClH/c1-18-11-5-6-13(19-2)12(8-11)14(17)16-10-4-3-7-15-9-10;/h5-6,8,10,15H,3-4,7,9H2,1-2H3,(H,16,17);1H/t10-;/m0./s1. The minimum absolute atomic E-state index is 0. The molecule has 1 fully saturated rings. The van der Waals surface area contributed by atoms with Gasteiger partial charge in [0.05, 0.1) is 19.8 Å². The summed E-state index contributed by atoms with van der Waals surface area (Å²) in [5.41, 5.74) is 0.507. The van der Waals surface area contributed by atoms with Crippen LogP contribution < -0.4 is 20.1 Å². The Hall–Kier alpha value is -1.46. The lowest BCUT2D eigenvalue weighted by Crippen LogP contribution is -2.45. The Labute approximate surface area is 125 Å². The van der Waals surface area contributed by atoms with Crippen molar-refractivity contribution in [2.75, 3.05) is 27.3 Å². The number of amides is 1. The Kier molecular flexibility index (Phi) is 6.61. The number of piperidine rings is 1. The van der Waals surface area contributed by atoms with Gasteiger partial charge in [-0.1, -0.05) is 0 Å². The molecule has 0 bridgehead atoms. The maximum absolute atomic E-state index is 12.3. The Morgan fingerprint density at radius 3 is 2.75 bits per heavy atom. The maximum atomic E-state index is 12.3. The average molecular weight is 301 g/mol. The van der Waals surface area contributed by atoms with Gasteiger partial charge in [0.1, 0.15) is 11.5 Å². The smallest absolute Gasteiger partial charge is 0.255 e. The molecule has 0 saturated carbocycles. The molecule has 1 aromatic carbocycles. The van der Waals surface area contributed by atoms with E-state index in [4.69, 9.17) is 9.47 Å². The van der Waals surface area contributed by atoms with Crippen molar-refractivity contribution in [3.05, 3.63) is 23.8 Å². The van der Waals surface area contributed by atoms with E-state index in [-0.39, 0.29) is 24.4 Å². The molecule has 6 heteroatoms. The first-order valence-electron chi connectivity index (χ1n) is 6.48. The number of nitrogens with one attached hydrogen (secondary N) is 2. The Morgan fingerprint density at radius 2 is 2.15 bits per heavy atom. The topological polar surface area (TPSA) is 59.6 Å². The average Bonchev–Trinajstić information content (AvgIpc) is 2.47. The number of benzene rings is 1. The Balaban J connectivity index is 0.00000200. The van der Waals surface area contributed by atoms with Crippen molar-refractivity contribution in [3.8, 4) is 11.5 Å². The van der Waals surface area contributed by atoms with Crippen LogP contribution in [0.15, 0.2) is 18.2 Å². The van der Waals surface area contributed by atoms with Gasteiger partial charge in [-0.3, -0.25) is 4.79 Å². The third-order valence-corrected chi connectivity index (χ3v) is 3.28. The second kappa shape index (κ2) is 7.97. The fourth-order valence-corrected chi connectivity index (χ4v) is 2.23. The largest absolute Gasteiger partial charge is 0.497 e. The molecular weight excluding hydrogens is 280 g/mol. The summed E-state index contributed by atoms with van der Waals surface area (Å²) >= 11 is 0. The summed E-state index contributed by atoms with van der Waals surface area (Å²) in [6, 6.07) is 5.40. The maximum Gasteiger partial charge on any atom is 0.255 e. The van der Waals surface area contributed by atoms with Crippen LogP contribution in [0.4, 0.5) is 0 Å². The van der Waals surface area contributed by atoms with Gasteiger partial charge in [0, 0.05) is 12.6 Å². The van der Waals surface area contributed by atoms with Gasteiger partial charge >= 0.3 is 0 Å². The van der Waals surface area contributed by atoms with Gasteiger partial charge in [0.15, 0.2) is 0 Å². The highest BCUT2D eigenvalue weighted by atomic mass is 35.5. The van der Waals surface area contributed by atoms with E-state index in [0.717, 1.165) is 25.9 Å². The van der Waals surface area contributed by atoms with Crippen LogP contribution in [0.25, 0.3) is 0 Å². The molecule has 0 spiro atoms. The van der Waals surface area contributed by atoms with E-state index in [0.29, 0.717) is 17.1 Å². The van der Waals surface area contributed by atoms with Crippen LogP contribution in [-0.2, 0) is 0 Å². The summed E-state index contributed by atoms with van der Waals surface area (Å²) < 4.78 is 10.4. The normalized spacial score (nSPS) is 17.8. The molecule has 0 aliphatic carbocycles. The third-order valence-electron chi connectivity index (χ3n) is 3.28. The lowest BCUT2D eigenvalue weighted by Gasteiger charge is -2.24. The van der Waals surface area contributed by atoms with Crippen LogP contribution in [-0.4, -0.2) is 39.3 Å². The van der Waals surface area contributed by atoms with E-state index in [2.05, 4.69) is 10.6 Å². The van der Waals surface area contributed by atoms with E-state index < -0.39 is 0 Å². The van der Waals surface area contributed by atoms with Gasteiger partial charge in [-0.15, -0.1) is 12.4 Å². The third kappa shape index (κ3) is 4.02. The monoisotopic (exact) mass is 300 g/mol. The summed E-state index contributed by atoms with van der Waals surface area (Å²) in [6.45, 7) is 1.84. The van der Waals surface area contributed by atoms with Gasteiger partial charge < -0.3 is 20.1 Å². The molecule has 112 valence electrons. The molecule has 1 aliphatic rings. The minimum Gasteiger partial charge on any atom is -0.497 e. The first-order chi connectivity index (χ1) is 9.24. The zero-order valence-corrected chi connectivity index (χ0v) is 12.6. The molecule has 0 aromatic heterocycles. The van der Waals surface area contributed by atoms with Crippen molar-refractivity contribution >= 4 is 18.3 Å². The van der Waals surface area contributed by atoms with Crippen LogP contribution in [0.3, 0.4) is 0 Å². The summed E-state index contributed by atoms with van der Waals surface area (Å²) in [6.07, 6.45) is 2.09. The summed E-state index contributed by atoms with van der Waals surface area (Å²) in [4.78, 5) is 12.3. The van der Waals surface area contributed by atoms with E-state index in [1.807, 2.05) is 0 Å². The zero-order chi connectivity index (χ0) is 13.7. The fraction of sp³-hybridized carbons (Fsp3) is 0.500. The molecule has 1 atom stereocenters. The highest BCUT2D eigenvalue weighted by molar-refractivity contribution is 5.97. The first kappa shape index (κ1) is 16.6. The molecule has 1 heterocycles. The van der Waals surface area contributed by atoms with Crippen LogP contribution >= 0.6 is 12.4 Å². The number of rotatable bonds is 4. The summed E-state index contributed by atoms with van der Waals surface area (Å²) in [7, 11) is 3.13. The first-order valence-corrected chi connectivity index (χ1v) is 6.48. The molecule has 0 unspecified atom stereocenters. The molecule has 1 saturated heterocycles. The van der Waals surface area contributed by atoms with Crippen molar-refractivity contribution < 1.29 is 14.3 Å². The molecule has 1 amide bonds. The summed E-state index contributed by atoms with van der Waals surface area (Å²) in [5.74, 6) is 1.08. The quantitative estimate of drug-likeness (QED) is 0.887. The van der Waals surface area contributed by atoms with Crippen LogP contribution in [0.1, 0.15) is 23.2 Å². The number of carbonyl (C=O) groups is 1. The summed E-state index contributed by atoms with van der Waals surface area (Å²) in [5, 5.41) is 6.30. The predicted octanol–water partition coefficient (Wildman–Crippen LogP) is 1.61. The highest BCUT2D eigenvalue weighted by Crippen LogP contribution is 2.24. The van der Waals surface area contributed by atoms with E-state index in [9.17, 15) is 4.79 Å². The zero-order valence-electron chi connectivity index (χ0n) is 11.8. The molecule has 0 radical (unpaired) electrons. The highest BCUT2D eigenvalue weighted by Gasteiger charge is 2.19. The van der Waals surface area contributed by atoms with Gasteiger partial charge in [0.25, 0.3) is 5.91 Å². The second-order valence-electron chi connectivity index (χ2n) is 4.58. The number of hydrogen-bond donors (Lipinski definition) is 2. The Morgan fingerprint density at radius 1 is 1.35 bits per heavy atom. The van der Waals surface area contributed by atoms with E-state index >= 15 is 0 Å². The number of methoxy groups -OCH3 is 2. The molecule has 2 N–H and O–H groups in total. The van der Waals surface area contributed by atoms with Crippen molar-refractivity contribution in [2.24, 2.45) is 0 Å². The molecule has 1 aromatic rings. The van der Waals surface area contributed by atoms with E-state index in [1.54, 1.807) is 32.4 Å². The van der Waals surface area contributed by atoms with Crippen molar-refractivity contribution in [3.63, 3.8) is 0 Å². The lowest BCUT2D eigenvalue weighted by molar-refractivity contribution is 0.0927.